The Morgan fingerprint density at radius 1 is 1.20 bits per heavy atom. The number of halogens is 1. The molecule has 0 saturated heterocycles. The molecule has 2 amide bonds. The molecule has 0 aliphatic carbocycles. The number of ether oxygens (including phenoxy) is 1. The topological polar surface area (TPSA) is 108 Å². The molecule has 0 heterocycles. The number of phenolic OH excluding ortho intramolecular Hbond substituents is 1. The fourth-order valence-electron chi connectivity index (χ4n) is 2.70. The van der Waals surface area contributed by atoms with Gasteiger partial charge in [-0.15, -0.1) is 11.8 Å². The first kappa shape index (κ1) is 24.0. The summed E-state index contributed by atoms with van der Waals surface area (Å²) in [7, 11) is 0. The van der Waals surface area contributed by atoms with Crippen LogP contribution in [0, 0.1) is 8.99 Å². The molecule has 0 radical (unpaired) electrons. The van der Waals surface area contributed by atoms with Gasteiger partial charge in [-0.1, -0.05) is 19.9 Å². The number of carbonyl (C=O) groups is 2. The molecule has 4 N–H and O–H groups in total. The maximum atomic E-state index is 12.6. The minimum atomic E-state index is -0.916. The summed E-state index contributed by atoms with van der Waals surface area (Å²) in [5, 5.41) is 21.8. The fraction of sp³-hybridized carbons (Fsp3) is 0.238. The van der Waals surface area contributed by atoms with Gasteiger partial charge in [-0.2, -0.15) is 0 Å². The van der Waals surface area contributed by atoms with Gasteiger partial charge in [0.25, 0.3) is 5.91 Å². The lowest BCUT2D eigenvalue weighted by Gasteiger charge is -2.32. The van der Waals surface area contributed by atoms with Gasteiger partial charge in [0.1, 0.15) is 11.9 Å². The summed E-state index contributed by atoms with van der Waals surface area (Å²) in [5.41, 5.74) is 1.59. The van der Waals surface area contributed by atoms with Crippen molar-refractivity contribution in [2.24, 2.45) is 5.41 Å². The van der Waals surface area contributed by atoms with Crippen LogP contribution in [0.5, 0.6) is 5.75 Å². The van der Waals surface area contributed by atoms with Crippen LogP contribution in [0.3, 0.4) is 0 Å². The maximum absolute atomic E-state index is 12.6. The van der Waals surface area contributed by atoms with Crippen molar-refractivity contribution in [3.05, 3.63) is 63.8 Å². The van der Waals surface area contributed by atoms with Gasteiger partial charge in [0.2, 0.25) is 0 Å². The number of rotatable bonds is 7. The molecular weight excluding hydrogens is 519 g/mol. The molecule has 0 fully saturated rings. The Morgan fingerprint density at radius 3 is 2.47 bits per heavy atom. The van der Waals surface area contributed by atoms with Crippen LogP contribution < -0.4 is 10.8 Å². The van der Waals surface area contributed by atoms with Crippen molar-refractivity contribution in [2.45, 2.75) is 24.8 Å². The molecule has 0 aromatic heterocycles. The number of anilines is 1. The average Bonchev–Trinajstić information content (AvgIpc) is 2.72. The second-order valence-electron chi connectivity index (χ2n) is 6.97. The van der Waals surface area contributed by atoms with Crippen molar-refractivity contribution in [2.75, 3.05) is 11.6 Å². The third-order valence-corrected chi connectivity index (χ3v) is 5.70. The molecule has 7 nitrogen and oxygen atoms in total. The second-order valence-corrected chi connectivity index (χ2v) is 9.10. The zero-order valence-electron chi connectivity index (χ0n) is 16.7. The van der Waals surface area contributed by atoms with Gasteiger partial charge in [0.15, 0.2) is 0 Å². The number of amides is 2. The number of hydroxylamine groups is 1. The molecule has 2 aromatic carbocycles. The predicted molar refractivity (Wildman–Crippen MR) is 125 cm³/mol. The van der Waals surface area contributed by atoms with Crippen LogP contribution in [0.1, 0.15) is 25.5 Å². The van der Waals surface area contributed by atoms with Crippen molar-refractivity contribution < 1.29 is 24.6 Å². The van der Waals surface area contributed by atoms with Crippen LogP contribution >= 0.6 is 34.4 Å². The fourth-order valence-corrected chi connectivity index (χ4v) is 3.62. The lowest BCUT2D eigenvalue weighted by molar-refractivity contribution is -0.124. The average molecular weight is 542 g/mol. The van der Waals surface area contributed by atoms with Crippen LogP contribution in [-0.2, 0) is 9.53 Å². The third kappa shape index (κ3) is 6.64. The van der Waals surface area contributed by atoms with Gasteiger partial charge in [0, 0.05) is 31.2 Å². The van der Waals surface area contributed by atoms with E-state index in [-0.39, 0.29) is 5.75 Å². The minimum Gasteiger partial charge on any atom is -0.508 e. The van der Waals surface area contributed by atoms with E-state index in [0.29, 0.717) is 11.3 Å². The van der Waals surface area contributed by atoms with Crippen molar-refractivity contribution in [3.63, 3.8) is 0 Å². The molecule has 160 valence electrons. The SMILES string of the molecule is CSc1ccc(NC(=O)O[C@H](c2cc(I)ccc2O)C(C)(C)/C=C/C(=O)NO)cc1. The third-order valence-electron chi connectivity index (χ3n) is 4.28. The summed E-state index contributed by atoms with van der Waals surface area (Å²) in [6, 6.07) is 12.2. The van der Waals surface area contributed by atoms with Crippen molar-refractivity contribution in [3.8, 4) is 5.75 Å². The van der Waals surface area contributed by atoms with E-state index in [1.807, 2.05) is 18.4 Å². The number of nitrogens with one attached hydrogen (secondary N) is 2. The quantitative estimate of drug-likeness (QED) is 0.128. The van der Waals surface area contributed by atoms with Crippen molar-refractivity contribution in [1.29, 1.82) is 0 Å². The van der Waals surface area contributed by atoms with Crippen LogP contribution in [0.25, 0.3) is 0 Å². The number of hydrogen-bond acceptors (Lipinski definition) is 6. The Hall–Kier alpha value is -2.24. The summed E-state index contributed by atoms with van der Waals surface area (Å²) < 4.78 is 6.54. The molecule has 0 saturated carbocycles. The van der Waals surface area contributed by atoms with E-state index >= 15 is 0 Å². The molecule has 0 aliphatic rings. The predicted octanol–water partition coefficient (Wildman–Crippen LogP) is 5.10. The molecule has 0 spiro atoms. The lowest BCUT2D eigenvalue weighted by atomic mass is 9.81. The van der Waals surface area contributed by atoms with Gasteiger partial charge in [-0.25, -0.2) is 10.3 Å². The molecule has 0 aliphatic heterocycles. The number of carbonyl (C=O) groups excluding carboxylic acids is 2. The van der Waals surface area contributed by atoms with Gasteiger partial charge in [0.05, 0.1) is 0 Å². The molecule has 2 aromatic rings. The highest BCUT2D eigenvalue weighted by Gasteiger charge is 2.34. The van der Waals surface area contributed by atoms with Crippen LogP contribution in [-0.4, -0.2) is 28.6 Å². The number of hydrogen-bond donors (Lipinski definition) is 4. The summed E-state index contributed by atoms with van der Waals surface area (Å²) in [4.78, 5) is 25.1. The van der Waals surface area contributed by atoms with Crippen molar-refractivity contribution in [1.82, 2.24) is 5.48 Å². The van der Waals surface area contributed by atoms with E-state index in [1.165, 1.54) is 17.6 Å². The molecule has 1 atom stereocenters. The van der Waals surface area contributed by atoms with Gasteiger partial charge in [-0.05, 0) is 71.3 Å². The monoisotopic (exact) mass is 542 g/mol. The summed E-state index contributed by atoms with van der Waals surface area (Å²) in [6.07, 6.45) is 2.98. The number of aromatic hydroxyl groups is 1. The van der Waals surface area contributed by atoms with E-state index in [9.17, 15) is 14.7 Å². The maximum Gasteiger partial charge on any atom is 0.412 e. The van der Waals surface area contributed by atoms with Gasteiger partial charge in [-0.3, -0.25) is 15.3 Å². The lowest BCUT2D eigenvalue weighted by Crippen LogP contribution is -2.28. The van der Waals surface area contributed by atoms with Crippen LogP contribution in [0.15, 0.2) is 59.5 Å². The Bertz CT molecular complexity index is 931. The smallest absolute Gasteiger partial charge is 0.412 e. The Labute approximate surface area is 193 Å². The van der Waals surface area contributed by atoms with E-state index in [1.54, 1.807) is 49.9 Å². The normalized spacial score (nSPS) is 12.4. The summed E-state index contributed by atoms with van der Waals surface area (Å²) in [5.74, 6) is -0.752. The first-order valence-electron chi connectivity index (χ1n) is 8.89. The molecule has 30 heavy (non-hydrogen) atoms. The second kappa shape index (κ2) is 10.7. The zero-order valence-corrected chi connectivity index (χ0v) is 19.7. The van der Waals surface area contributed by atoms with E-state index in [2.05, 4.69) is 27.9 Å². The van der Waals surface area contributed by atoms with Crippen LogP contribution in [0.4, 0.5) is 10.5 Å². The summed E-state index contributed by atoms with van der Waals surface area (Å²) >= 11 is 3.69. The number of benzene rings is 2. The van der Waals surface area contributed by atoms with E-state index < -0.39 is 23.5 Å². The van der Waals surface area contributed by atoms with E-state index in [0.717, 1.165) is 14.5 Å². The molecule has 2 rings (SSSR count). The minimum absolute atomic E-state index is 0.0365. The number of thioether (sulfide) groups is 1. The molecule has 9 heteroatoms. The highest BCUT2D eigenvalue weighted by Crippen LogP contribution is 2.42. The highest BCUT2D eigenvalue weighted by molar-refractivity contribution is 14.1. The molecule has 0 bridgehead atoms. The molecule has 0 unspecified atom stereocenters. The van der Waals surface area contributed by atoms with E-state index in [4.69, 9.17) is 9.94 Å². The highest BCUT2D eigenvalue weighted by atomic mass is 127. The van der Waals surface area contributed by atoms with Gasteiger partial charge >= 0.3 is 6.09 Å². The summed E-state index contributed by atoms with van der Waals surface area (Å²) in [6.45, 7) is 3.50. The largest absolute Gasteiger partial charge is 0.508 e. The Morgan fingerprint density at radius 2 is 1.87 bits per heavy atom. The molecular formula is C21H23IN2O5S. The standard InChI is InChI=1S/C21H23IN2O5S/c1-21(2,11-10-18(26)24-28)19(16-12-13(22)4-9-17(16)25)29-20(27)23-14-5-7-15(30-3)8-6-14/h4-12,19,25,28H,1-3H3,(H,23,27)(H,24,26)/b11-10+/t19-/m1/s1. The Balaban J connectivity index is 2.32. The number of phenols is 1. The first-order chi connectivity index (χ1) is 14.2. The first-order valence-corrected chi connectivity index (χ1v) is 11.2. The van der Waals surface area contributed by atoms with Crippen molar-refractivity contribution >= 4 is 52.0 Å². The van der Waals surface area contributed by atoms with Crippen LogP contribution in [0.2, 0.25) is 0 Å². The zero-order chi connectivity index (χ0) is 22.3. The van der Waals surface area contributed by atoms with Gasteiger partial charge < -0.3 is 9.84 Å². The Kier molecular flexibility index (Phi) is 8.56.